The van der Waals surface area contributed by atoms with E-state index in [1.807, 2.05) is 12.1 Å². The summed E-state index contributed by atoms with van der Waals surface area (Å²) in [6.07, 6.45) is -4.53. The van der Waals surface area contributed by atoms with Gasteiger partial charge in [-0.2, -0.15) is 13.2 Å². The summed E-state index contributed by atoms with van der Waals surface area (Å²) in [5.41, 5.74) is 2.34. The molecule has 0 saturated heterocycles. The first-order valence-corrected chi connectivity index (χ1v) is 9.99. The van der Waals surface area contributed by atoms with Gasteiger partial charge in [-0.1, -0.05) is 48.0 Å². The van der Waals surface area contributed by atoms with Crippen LogP contribution in [0.15, 0.2) is 72.1 Å². The second-order valence-electron chi connectivity index (χ2n) is 6.60. The third-order valence-corrected chi connectivity index (χ3v) is 5.94. The molecule has 7 heteroatoms. The molecular formula is C23H12ClF5S. The predicted molar refractivity (Wildman–Crippen MR) is 111 cm³/mol. The summed E-state index contributed by atoms with van der Waals surface area (Å²) in [7, 11) is 0. The number of halogens is 6. The zero-order chi connectivity index (χ0) is 21.5. The lowest BCUT2D eigenvalue weighted by atomic mass is 10.0. The number of benzene rings is 3. The quantitative estimate of drug-likeness (QED) is 0.274. The maximum atomic E-state index is 13.4. The highest BCUT2D eigenvalue weighted by Crippen LogP contribution is 2.39. The largest absolute Gasteiger partial charge is 0.417 e. The third-order valence-electron chi connectivity index (χ3n) is 4.63. The summed E-state index contributed by atoms with van der Waals surface area (Å²) in [4.78, 5) is 0.866. The second kappa shape index (κ2) is 7.85. The number of rotatable bonds is 3. The van der Waals surface area contributed by atoms with Crippen molar-refractivity contribution in [3.63, 3.8) is 0 Å². The molecule has 0 aliphatic rings. The van der Waals surface area contributed by atoms with Gasteiger partial charge in [-0.05, 0) is 63.5 Å². The van der Waals surface area contributed by atoms with Gasteiger partial charge in [0.25, 0.3) is 0 Å². The summed E-state index contributed by atoms with van der Waals surface area (Å²) >= 11 is 7.09. The van der Waals surface area contributed by atoms with Crippen LogP contribution in [0.3, 0.4) is 0 Å². The zero-order valence-corrected chi connectivity index (χ0v) is 16.7. The fourth-order valence-corrected chi connectivity index (χ4v) is 4.21. The number of hydrogen-bond donors (Lipinski definition) is 0. The highest BCUT2D eigenvalue weighted by Gasteiger charge is 2.33. The van der Waals surface area contributed by atoms with E-state index in [9.17, 15) is 22.0 Å². The lowest BCUT2D eigenvalue weighted by Gasteiger charge is -2.10. The lowest BCUT2D eigenvalue weighted by molar-refractivity contribution is -0.137. The van der Waals surface area contributed by atoms with E-state index in [2.05, 4.69) is 0 Å². The molecule has 0 fully saturated rings. The lowest BCUT2D eigenvalue weighted by Crippen LogP contribution is -2.05. The summed E-state index contributed by atoms with van der Waals surface area (Å²) in [6.45, 7) is 0. The number of alkyl halides is 3. The molecule has 0 aliphatic carbocycles. The van der Waals surface area contributed by atoms with Crippen molar-refractivity contribution < 1.29 is 22.0 Å². The molecule has 1 heterocycles. The van der Waals surface area contributed by atoms with Gasteiger partial charge in [-0.25, -0.2) is 8.78 Å². The van der Waals surface area contributed by atoms with E-state index >= 15 is 0 Å². The monoisotopic (exact) mass is 450 g/mol. The summed E-state index contributed by atoms with van der Waals surface area (Å²) in [6, 6.07) is 16.6. The molecule has 0 N–H and O–H groups in total. The average Bonchev–Trinajstić information content (AvgIpc) is 3.20. The minimum absolute atomic E-state index is 0.338. The molecule has 3 aromatic carbocycles. The van der Waals surface area contributed by atoms with E-state index in [-0.39, 0.29) is 5.02 Å². The van der Waals surface area contributed by atoms with Crippen molar-refractivity contribution in [1.82, 2.24) is 0 Å². The minimum Gasteiger partial charge on any atom is -0.204 e. The van der Waals surface area contributed by atoms with Crippen molar-refractivity contribution in [3.8, 4) is 32.7 Å². The maximum absolute atomic E-state index is 13.4. The van der Waals surface area contributed by atoms with Crippen molar-refractivity contribution >= 4 is 22.9 Å². The zero-order valence-electron chi connectivity index (χ0n) is 15.1. The highest BCUT2D eigenvalue weighted by atomic mass is 35.5. The van der Waals surface area contributed by atoms with Crippen molar-refractivity contribution in [1.29, 1.82) is 0 Å². The normalized spacial score (nSPS) is 11.7. The van der Waals surface area contributed by atoms with Crippen LogP contribution in [0.4, 0.5) is 22.0 Å². The van der Waals surface area contributed by atoms with Gasteiger partial charge in [0.15, 0.2) is 11.6 Å². The Labute approximate surface area is 178 Å². The van der Waals surface area contributed by atoms with E-state index in [0.29, 0.717) is 16.7 Å². The fourth-order valence-electron chi connectivity index (χ4n) is 3.06. The molecule has 0 spiro atoms. The van der Waals surface area contributed by atoms with Gasteiger partial charge >= 0.3 is 6.18 Å². The molecule has 4 rings (SSSR count). The summed E-state index contributed by atoms with van der Waals surface area (Å²) < 4.78 is 65.9. The van der Waals surface area contributed by atoms with Gasteiger partial charge in [0.05, 0.1) is 10.6 Å². The van der Waals surface area contributed by atoms with Gasteiger partial charge < -0.3 is 0 Å². The Hall–Kier alpha value is -2.70. The average molecular weight is 451 g/mol. The molecular weight excluding hydrogens is 439 g/mol. The van der Waals surface area contributed by atoms with Crippen LogP contribution in [0, 0.1) is 11.6 Å². The van der Waals surface area contributed by atoms with Crippen molar-refractivity contribution in [2.24, 2.45) is 0 Å². The Kier molecular flexibility index (Phi) is 5.38. The van der Waals surface area contributed by atoms with Gasteiger partial charge in [-0.15, -0.1) is 11.3 Å². The molecule has 152 valence electrons. The first-order valence-electron chi connectivity index (χ1n) is 8.74. The van der Waals surface area contributed by atoms with Gasteiger partial charge in [0.1, 0.15) is 0 Å². The number of thiophene rings is 1. The standard InChI is InChI=1S/C23H12ClF5S/c24-19-7-5-15(9-18(19)23(27,28)29)17-11-22(30-12-17)14-3-1-13(2-4-14)16-6-8-20(25)21(26)10-16/h1-12H. The van der Waals surface area contributed by atoms with Crippen molar-refractivity contribution in [3.05, 3.63) is 94.3 Å². The maximum Gasteiger partial charge on any atom is 0.417 e. The topological polar surface area (TPSA) is 0 Å². The van der Waals surface area contributed by atoms with Gasteiger partial charge in [0.2, 0.25) is 0 Å². The van der Waals surface area contributed by atoms with E-state index in [1.165, 1.54) is 23.5 Å². The molecule has 0 nitrogen and oxygen atoms in total. The predicted octanol–water partition coefficient (Wildman–Crippen LogP) is 8.70. The Bertz CT molecular complexity index is 1210. The molecule has 0 unspecified atom stereocenters. The first-order chi connectivity index (χ1) is 14.2. The molecule has 0 saturated carbocycles. The van der Waals surface area contributed by atoms with Crippen LogP contribution in [0.5, 0.6) is 0 Å². The van der Waals surface area contributed by atoms with Crippen LogP contribution in [0.25, 0.3) is 32.7 Å². The van der Waals surface area contributed by atoms with E-state index < -0.39 is 23.4 Å². The van der Waals surface area contributed by atoms with Crippen LogP contribution in [0.2, 0.25) is 5.02 Å². The highest BCUT2D eigenvalue weighted by molar-refractivity contribution is 7.14. The van der Waals surface area contributed by atoms with Gasteiger partial charge in [0, 0.05) is 4.88 Å². The summed E-state index contributed by atoms with van der Waals surface area (Å²) in [5.74, 6) is -1.82. The first kappa shape index (κ1) is 20.6. The van der Waals surface area contributed by atoms with E-state index in [0.717, 1.165) is 34.2 Å². The molecule has 0 radical (unpaired) electrons. The number of hydrogen-bond acceptors (Lipinski definition) is 1. The Morgan fingerprint density at radius 2 is 1.23 bits per heavy atom. The smallest absolute Gasteiger partial charge is 0.204 e. The SMILES string of the molecule is Fc1ccc(-c2ccc(-c3cc(-c4ccc(Cl)c(C(F)(F)F)c4)cs3)cc2)cc1F. The molecule has 0 aliphatic heterocycles. The van der Waals surface area contributed by atoms with Crippen LogP contribution in [0.1, 0.15) is 5.56 Å². The minimum atomic E-state index is -4.53. The molecule has 4 aromatic rings. The molecule has 0 bridgehead atoms. The van der Waals surface area contributed by atoms with Crippen molar-refractivity contribution in [2.75, 3.05) is 0 Å². The third kappa shape index (κ3) is 4.11. The Morgan fingerprint density at radius 3 is 1.90 bits per heavy atom. The summed E-state index contributed by atoms with van der Waals surface area (Å²) in [5, 5.41) is 1.44. The van der Waals surface area contributed by atoms with Crippen LogP contribution < -0.4 is 0 Å². The van der Waals surface area contributed by atoms with Crippen LogP contribution in [-0.4, -0.2) is 0 Å². The fraction of sp³-hybridized carbons (Fsp3) is 0.0435. The van der Waals surface area contributed by atoms with Crippen molar-refractivity contribution in [2.45, 2.75) is 6.18 Å². The molecule has 0 atom stereocenters. The van der Waals surface area contributed by atoms with E-state index in [4.69, 9.17) is 11.6 Å². The second-order valence-corrected chi connectivity index (χ2v) is 7.92. The molecule has 0 amide bonds. The van der Waals surface area contributed by atoms with E-state index in [1.54, 1.807) is 29.6 Å². The van der Waals surface area contributed by atoms with Gasteiger partial charge in [-0.3, -0.25) is 0 Å². The van der Waals surface area contributed by atoms with Crippen LogP contribution >= 0.6 is 22.9 Å². The Morgan fingerprint density at radius 1 is 0.633 bits per heavy atom. The van der Waals surface area contributed by atoms with Crippen LogP contribution in [-0.2, 0) is 6.18 Å². The molecule has 30 heavy (non-hydrogen) atoms. The molecule has 1 aromatic heterocycles. The Balaban J connectivity index is 1.62.